The van der Waals surface area contributed by atoms with Gasteiger partial charge in [-0.15, -0.1) is 11.3 Å². The van der Waals surface area contributed by atoms with Gasteiger partial charge in [-0.05, 0) is 55.3 Å². The van der Waals surface area contributed by atoms with Crippen LogP contribution in [-0.2, 0) is 0 Å². The summed E-state index contributed by atoms with van der Waals surface area (Å²) < 4.78 is 18.3. The predicted octanol–water partition coefficient (Wildman–Crippen LogP) is 4.77. The third kappa shape index (κ3) is 5.08. The third-order valence-corrected chi connectivity index (χ3v) is 5.50. The molecule has 0 saturated heterocycles. The van der Waals surface area contributed by atoms with Crippen molar-refractivity contribution in [1.82, 2.24) is 15.5 Å². The summed E-state index contributed by atoms with van der Waals surface area (Å²) in [4.78, 5) is 18.6. The average molecular weight is 428 g/mol. The number of halogens is 1. The molecular formula is C22H22FN3O3S. The van der Waals surface area contributed by atoms with Crippen molar-refractivity contribution in [2.45, 2.75) is 26.3 Å². The highest BCUT2D eigenvalue weighted by Gasteiger charge is 2.22. The maximum absolute atomic E-state index is 13.0. The van der Waals surface area contributed by atoms with Crippen LogP contribution in [0.2, 0.25) is 0 Å². The minimum absolute atomic E-state index is 0.0954. The number of aromatic nitrogens is 2. The summed E-state index contributed by atoms with van der Waals surface area (Å²) in [5.74, 6) is -0.432. The zero-order valence-electron chi connectivity index (χ0n) is 16.6. The van der Waals surface area contributed by atoms with E-state index in [0.29, 0.717) is 5.82 Å². The number of aliphatic hydroxyl groups is 1. The number of rotatable bonds is 8. The van der Waals surface area contributed by atoms with Gasteiger partial charge < -0.3 is 14.9 Å². The molecule has 3 rings (SSSR count). The van der Waals surface area contributed by atoms with Crippen LogP contribution in [0.3, 0.4) is 0 Å². The fourth-order valence-corrected chi connectivity index (χ4v) is 3.75. The smallest absolute Gasteiger partial charge is 0.251 e. The van der Waals surface area contributed by atoms with E-state index in [4.69, 9.17) is 4.52 Å². The molecule has 1 aromatic carbocycles. The van der Waals surface area contributed by atoms with E-state index < -0.39 is 24.4 Å². The molecule has 0 fully saturated rings. The lowest BCUT2D eigenvalue weighted by atomic mass is 10.1. The second kappa shape index (κ2) is 10.1. The predicted molar refractivity (Wildman–Crippen MR) is 114 cm³/mol. The quantitative estimate of drug-likeness (QED) is 0.506. The molecule has 1 amide bonds. The van der Waals surface area contributed by atoms with Crippen LogP contribution in [0, 0.1) is 5.82 Å². The van der Waals surface area contributed by atoms with Crippen LogP contribution in [0.1, 0.15) is 47.4 Å². The normalized spacial score (nSPS) is 13.0. The van der Waals surface area contributed by atoms with E-state index in [1.54, 1.807) is 11.3 Å². The van der Waals surface area contributed by atoms with E-state index in [9.17, 15) is 14.3 Å². The number of aliphatic hydroxyl groups excluding tert-OH is 1. The third-order valence-electron chi connectivity index (χ3n) is 4.35. The van der Waals surface area contributed by atoms with Gasteiger partial charge in [0.1, 0.15) is 11.9 Å². The van der Waals surface area contributed by atoms with Crippen LogP contribution in [0.5, 0.6) is 0 Å². The molecule has 0 saturated carbocycles. The summed E-state index contributed by atoms with van der Waals surface area (Å²) in [6.45, 7) is 3.64. The number of allylic oxidation sites excluding steroid dienone is 4. The zero-order valence-corrected chi connectivity index (χ0v) is 17.4. The van der Waals surface area contributed by atoms with E-state index >= 15 is 0 Å². The minimum Gasteiger partial charge on any atom is -0.394 e. The standard InChI is InChI=1S/C22H22FN3O3S/c1-3-5-6-14(4-2)18-11-12-19(30-18)20-25-22(29-26-20)17(13-27)24-21(28)15-7-9-16(23)10-8-15/h3,5-12,17,27H,4,13H2,1-2H3,(H,24,28)/b5-3-,14-6+. The highest BCUT2D eigenvalue weighted by molar-refractivity contribution is 7.16. The first-order valence-electron chi connectivity index (χ1n) is 9.49. The number of thiophene rings is 1. The highest BCUT2D eigenvalue weighted by Crippen LogP contribution is 2.32. The van der Waals surface area contributed by atoms with E-state index in [1.807, 2.05) is 31.2 Å². The van der Waals surface area contributed by atoms with Gasteiger partial charge in [0.15, 0.2) is 0 Å². The number of benzene rings is 1. The Morgan fingerprint density at radius 3 is 2.73 bits per heavy atom. The van der Waals surface area contributed by atoms with E-state index in [2.05, 4.69) is 28.5 Å². The second-order valence-electron chi connectivity index (χ2n) is 6.41. The SMILES string of the molecule is C/C=C\C=C(/CC)c1ccc(-c2noc(C(CO)NC(=O)c3ccc(F)cc3)n2)s1. The van der Waals surface area contributed by atoms with Crippen molar-refractivity contribution in [2.24, 2.45) is 0 Å². The summed E-state index contributed by atoms with van der Waals surface area (Å²) in [5.41, 5.74) is 1.46. The number of hydrogen-bond donors (Lipinski definition) is 2. The molecule has 2 aromatic heterocycles. The van der Waals surface area contributed by atoms with Gasteiger partial charge in [0.2, 0.25) is 5.82 Å². The Hall–Kier alpha value is -3.10. The Labute approximate surface area is 177 Å². The van der Waals surface area contributed by atoms with Crippen molar-refractivity contribution >= 4 is 22.8 Å². The van der Waals surface area contributed by atoms with Crippen LogP contribution in [0.15, 0.2) is 59.1 Å². The van der Waals surface area contributed by atoms with Gasteiger partial charge in [0.25, 0.3) is 11.8 Å². The maximum Gasteiger partial charge on any atom is 0.251 e. The lowest BCUT2D eigenvalue weighted by Gasteiger charge is -2.12. The first kappa shape index (κ1) is 21.6. The van der Waals surface area contributed by atoms with Gasteiger partial charge in [-0.1, -0.05) is 30.3 Å². The molecule has 0 aliphatic rings. The van der Waals surface area contributed by atoms with E-state index in [-0.39, 0.29) is 11.5 Å². The first-order chi connectivity index (χ1) is 14.5. The van der Waals surface area contributed by atoms with Gasteiger partial charge in [-0.2, -0.15) is 4.98 Å². The summed E-state index contributed by atoms with van der Waals surface area (Å²) in [5, 5.41) is 16.3. The molecule has 30 heavy (non-hydrogen) atoms. The van der Waals surface area contributed by atoms with Gasteiger partial charge >= 0.3 is 0 Å². The van der Waals surface area contributed by atoms with E-state index in [1.165, 1.54) is 29.8 Å². The monoisotopic (exact) mass is 427 g/mol. The van der Waals surface area contributed by atoms with Crippen LogP contribution < -0.4 is 5.32 Å². The number of carbonyl (C=O) groups is 1. The number of nitrogens with zero attached hydrogens (tertiary/aromatic N) is 2. The van der Waals surface area contributed by atoms with Crippen molar-refractivity contribution in [3.63, 3.8) is 0 Å². The largest absolute Gasteiger partial charge is 0.394 e. The van der Waals surface area contributed by atoms with Crippen molar-refractivity contribution in [2.75, 3.05) is 6.61 Å². The summed E-state index contributed by atoms with van der Waals surface area (Å²) in [6.07, 6.45) is 6.94. The number of amides is 1. The molecule has 0 aliphatic carbocycles. The molecule has 6 nitrogen and oxygen atoms in total. The van der Waals surface area contributed by atoms with Gasteiger partial charge in [0, 0.05) is 10.4 Å². The summed E-state index contributed by atoms with van der Waals surface area (Å²) in [6, 6.07) is 8.15. The molecule has 2 heterocycles. The number of nitrogens with one attached hydrogen (secondary N) is 1. The van der Waals surface area contributed by atoms with Crippen LogP contribution in [0.4, 0.5) is 4.39 Å². The zero-order chi connectivity index (χ0) is 21.5. The maximum atomic E-state index is 13.0. The second-order valence-corrected chi connectivity index (χ2v) is 7.49. The molecule has 156 valence electrons. The van der Waals surface area contributed by atoms with Gasteiger partial charge in [0.05, 0.1) is 11.5 Å². The average Bonchev–Trinajstić information content (AvgIpc) is 3.43. The topological polar surface area (TPSA) is 88.3 Å². The van der Waals surface area contributed by atoms with Gasteiger partial charge in [-0.25, -0.2) is 4.39 Å². The van der Waals surface area contributed by atoms with Crippen molar-refractivity contribution in [3.05, 3.63) is 76.8 Å². The molecule has 0 spiro atoms. The van der Waals surface area contributed by atoms with Crippen molar-refractivity contribution in [1.29, 1.82) is 0 Å². The first-order valence-corrected chi connectivity index (χ1v) is 10.3. The Bertz CT molecular complexity index is 1050. The molecular weight excluding hydrogens is 405 g/mol. The Morgan fingerprint density at radius 2 is 2.07 bits per heavy atom. The molecule has 3 aromatic rings. The molecule has 2 N–H and O–H groups in total. The number of carbonyl (C=O) groups excluding carboxylic acids is 1. The summed E-state index contributed by atoms with van der Waals surface area (Å²) in [7, 11) is 0. The lowest BCUT2D eigenvalue weighted by molar-refractivity contribution is 0.0901. The Morgan fingerprint density at radius 1 is 1.30 bits per heavy atom. The number of hydrogen-bond acceptors (Lipinski definition) is 6. The molecule has 0 aliphatic heterocycles. The Kier molecular flexibility index (Phi) is 7.26. The molecule has 8 heteroatoms. The van der Waals surface area contributed by atoms with Crippen molar-refractivity contribution < 1.29 is 18.8 Å². The lowest BCUT2D eigenvalue weighted by Crippen LogP contribution is -2.31. The van der Waals surface area contributed by atoms with Gasteiger partial charge in [-0.3, -0.25) is 4.79 Å². The molecule has 0 bridgehead atoms. The van der Waals surface area contributed by atoms with Crippen molar-refractivity contribution in [3.8, 4) is 10.7 Å². The van der Waals surface area contributed by atoms with E-state index in [0.717, 1.165) is 16.2 Å². The van der Waals surface area contributed by atoms with Crippen LogP contribution in [0.25, 0.3) is 16.3 Å². The molecule has 1 atom stereocenters. The molecule has 1 unspecified atom stereocenters. The van der Waals surface area contributed by atoms with Crippen LogP contribution in [-0.4, -0.2) is 27.8 Å². The molecule has 0 radical (unpaired) electrons. The van der Waals surface area contributed by atoms with Crippen LogP contribution >= 0.6 is 11.3 Å². The Balaban J connectivity index is 1.76. The fourth-order valence-electron chi connectivity index (χ4n) is 2.72. The minimum atomic E-state index is -0.871. The fraction of sp³-hybridized carbons (Fsp3) is 0.227. The highest BCUT2D eigenvalue weighted by atomic mass is 32.1. The summed E-state index contributed by atoms with van der Waals surface area (Å²) >= 11 is 1.54.